The number of halogens is 2. The van der Waals surface area contributed by atoms with E-state index in [-0.39, 0.29) is 23.1 Å². The number of carbonyl (C=O) groups excluding carboxylic acids is 2. The molecule has 2 aromatic carbocycles. The molecule has 0 spiro atoms. The first kappa shape index (κ1) is 32.3. The minimum Gasteiger partial charge on any atom is -0.491 e. The van der Waals surface area contributed by atoms with Crippen LogP contribution in [0.1, 0.15) is 59.6 Å². The van der Waals surface area contributed by atoms with Gasteiger partial charge in [0.15, 0.2) is 0 Å². The van der Waals surface area contributed by atoms with Gasteiger partial charge < -0.3 is 30.5 Å². The minimum atomic E-state index is -1.41. The van der Waals surface area contributed by atoms with E-state index in [9.17, 15) is 23.9 Å². The monoisotopic (exact) mass is 657 g/mol. The van der Waals surface area contributed by atoms with Crippen molar-refractivity contribution in [2.45, 2.75) is 65.6 Å². The van der Waals surface area contributed by atoms with E-state index in [1.807, 2.05) is 64.1 Å². The molecular formula is C28H37FIN3O6. The van der Waals surface area contributed by atoms with E-state index < -0.39 is 35.8 Å². The highest BCUT2D eigenvalue weighted by Gasteiger charge is 2.31. The number of carbonyl (C=O) groups is 3. The first-order chi connectivity index (χ1) is 18.0. The Morgan fingerprint density at radius 2 is 1.59 bits per heavy atom. The number of nitrogens with one attached hydrogen (secondary N) is 3. The molecule has 2 atom stereocenters. The molecule has 9 nitrogen and oxygen atoms in total. The van der Waals surface area contributed by atoms with Crippen molar-refractivity contribution in [3.63, 3.8) is 0 Å². The van der Waals surface area contributed by atoms with Crippen LogP contribution in [0.2, 0.25) is 0 Å². The minimum absolute atomic E-state index is 0.0164. The summed E-state index contributed by atoms with van der Waals surface area (Å²) < 4.78 is 26.3. The van der Waals surface area contributed by atoms with Gasteiger partial charge in [0.2, 0.25) is 11.8 Å². The Bertz CT molecular complexity index is 1150. The van der Waals surface area contributed by atoms with Crippen molar-refractivity contribution in [1.29, 1.82) is 0 Å². The molecule has 2 aromatic rings. The first-order valence-electron chi connectivity index (χ1n) is 12.5. The molecule has 0 aromatic heterocycles. The lowest BCUT2D eigenvalue weighted by atomic mass is 9.87. The van der Waals surface area contributed by atoms with Crippen molar-refractivity contribution in [1.82, 2.24) is 10.6 Å². The smallest absolute Gasteiger partial charge is 0.405 e. The summed E-state index contributed by atoms with van der Waals surface area (Å²) in [5.41, 5.74) is -0.332. The van der Waals surface area contributed by atoms with Crippen LogP contribution in [0.25, 0.3) is 0 Å². The van der Waals surface area contributed by atoms with E-state index in [4.69, 9.17) is 9.47 Å². The summed E-state index contributed by atoms with van der Waals surface area (Å²) in [6.45, 7) is 12.2. The van der Waals surface area contributed by atoms with Crippen molar-refractivity contribution < 1.29 is 33.4 Å². The zero-order valence-electron chi connectivity index (χ0n) is 23.1. The summed E-state index contributed by atoms with van der Waals surface area (Å²) in [6, 6.07) is 8.40. The Kier molecular flexibility index (Phi) is 11.5. The van der Waals surface area contributed by atoms with Gasteiger partial charge in [-0.1, -0.05) is 32.9 Å². The van der Waals surface area contributed by atoms with Crippen LogP contribution in [0, 0.1) is 14.8 Å². The predicted octanol–water partition coefficient (Wildman–Crippen LogP) is 5.49. The van der Waals surface area contributed by atoms with Crippen LogP contribution in [0.3, 0.4) is 0 Å². The van der Waals surface area contributed by atoms with Gasteiger partial charge in [-0.15, -0.1) is 0 Å². The lowest BCUT2D eigenvalue weighted by Gasteiger charge is -2.28. The van der Waals surface area contributed by atoms with E-state index in [0.29, 0.717) is 28.1 Å². The Hall–Kier alpha value is -2.93. The van der Waals surface area contributed by atoms with Crippen molar-refractivity contribution in [3.8, 4) is 5.75 Å². The van der Waals surface area contributed by atoms with Gasteiger partial charge in [0.25, 0.3) is 0 Å². The summed E-state index contributed by atoms with van der Waals surface area (Å²) in [5.74, 6) is -1.42. The second-order valence-electron chi connectivity index (χ2n) is 11.2. The highest BCUT2D eigenvalue weighted by Crippen LogP contribution is 2.24. The maximum Gasteiger partial charge on any atom is 0.405 e. The van der Waals surface area contributed by atoms with Crippen molar-refractivity contribution in [2.75, 3.05) is 18.5 Å². The molecule has 0 aliphatic carbocycles. The van der Waals surface area contributed by atoms with Gasteiger partial charge in [-0.05, 0) is 91.1 Å². The van der Waals surface area contributed by atoms with Gasteiger partial charge in [-0.25, -0.2) is 9.18 Å². The zero-order chi connectivity index (χ0) is 29.4. The van der Waals surface area contributed by atoms with Crippen molar-refractivity contribution >= 4 is 46.2 Å². The van der Waals surface area contributed by atoms with Gasteiger partial charge in [0.05, 0.1) is 17.9 Å². The first-order valence-corrected chi connectivity index (χ1v) is 13.5. The van der Waals surface area contributed by atoms with Crippen LogP contribution >= 0.6 is 22.6 Å². The fourth-order valence-corrected chi connectivity index (χ4v) is 4.03. The number of anilines is 1. The quantitative estimate of drug-likeness (QED) is 0.187. The Labute approximate surface area is 242 Å². The van der Waals surface area contributed by atoms with Crippen LogP contribution in [-0.2, 0) is 14.3 Å². The number of hydrogen-bond acceptors (Lipinski definition) is 5. The van der Waals surface area contributed by atoms with Crippen molar-refractivity contribution in [3.05, 3.63) is 57.4 Å². The van der Waals surface area contributed by atoms with Gasteiger partial charge in [0, 0.05) is 3.57 Å². The van der Waals surface area contributed by atoms with Gasteiger partial charge in [-0.3, -0.25) is 9.59 Å². The summed E-state index contributed by atoms with van der Waals surface area (Å²) in [4.78, 5) is 37.9. The van der Waals surface area contributed by atoms with E-state index in [1.165, 1.54) is 12.1 Å². The number of amides is 3. The Morgan fingerprint density at radius 3 is 2.13 bits per heavy atom. The molecule has 0 aliphatic rings. The van der Waals surface area contributed by atoms with Crippen LogP contribution in [0.5, 0.6) is 5.75 Å². The SMILES string of the molecule is CC(C)(C)C[C@H](NC(=O)C(NC(=O)O)c1ccc(OCCOC(C)(C)C)cc1)C(=O)Nc1ccc(I)cc1F. The second-order valence-corrected chi connectivity index (χ2v) is 12.4. The molecule has 0 aliphatic heterocycles. The molecule has 4 N–H and O–H groups in total. The van der Waals surface area contributed by atoms with Gasteiger partial charge in [-0.2, -0.15) is 0 Å². The molecule has 39 heavy (non-hydrogen) atoms. The fourth-order valence-electron chi connectivity index (χ4n) is 3.58. The predicted molar refractivity (Wildman–Crippen MR) is 155 cm³/mol. The summed E-state index contributed by atoms with van der Waals surface area (Å²) in [6.07, 6.45) is -1.19. The summed E-state index contributed by atoms with van der Waals surface area (Å²) in [7, 11) is 0. The molecule has 214 valence electrons. The van der Waals surface area contributed by atoms with E-state index in [1.54, 1.807) is 30.3 Å². The molecule has 0 fully saturated rings. The average Bonchev–Trinajstić information content (AvgIpc) is 2.80. The highest BCUT2D eigenvalue weighted by molar-refractivity contribution is 14.1. The van der Waals surface area contributed by atoms with Crippen molar-refractivity contribution in [2.24, 2.45) is 5.41 Å². The number of ether oxygens (including phenoxy) is 2. The van der Waals surface area contributed by atoms with E-state index >= 15 is 0 Å². The largest absolute Gasteiger partial charge is 0.491 e. The third-order valence-electron chi connectivity index (χ3n) is 5.27. The summed E-state index contributed by atoms with van der Waals surface area (Å²) in [5, 5.41) is 16.8. The summed E-state index contributed by atoms with van der Waals surface area (Å²) >= 11 is 1.96. The van der Waals surface area contributed by atoms with Crippen LogP contribution in [0.4, 0.5) is 14.9 Å². The third kappa shape index (κ3) is 11.8. The normalized spacial score (nSPS) is 13.2. The molecule has 2 rings (SSSR count). The van der Waals surface area contributed by atoms with E-state index in [0.717, 1.165) is 0 Å². The number of hydrogen-bond donors (Lipinski definition) is 4. The molecule has 0 saturated heterocycles. The zero-order valence-corrected chi connectivity index (χ0v) is 25.2. The maximum absolute atomic E-state index is 14.4. The molecule has 0 radical (unpaired) electrons. The number of rotatable bonds is 11. The molecule has 0 bridgehead atoms. The molecule has 11 heteroatoms. The molecular weight excluding hydrogens is 620 g/mol. The van der Waals surface area contributed by atoms with E-state index in [2.05, 4.69) is 16.0 Å². The molecule has 3 amide bonds. The average molecular weight is 658 g/mol. The fraction of sp³-hybridized carbons (Fsp3) is 0.464. The molecule has 0 saturated carbocycles. The maximum atomic E-state index is 14.4. The third-order valence-corrected chi connectivity index (χ3v) is 5.94. The van der Waals surface area contributed by atoms with Crippen LogP contribution in [0.15, 0.2) is 42.5 Å². The highest BCUT2D eigenvalue weighted by atomic mass is 127. The van der Waals surface area contributed by atoms with Gasteiger partial charge >= 0.3 is 6.09 Å². The lowest BCUT2D eigenvalue weighted by Crippen LogP contribution is -2.50. The van der Waals surface area contributed by atoms with Gasteiger partial charge in [0.1, 0.15) is 30.3 Å². The number of benzene rings is 2. The lowest BCUT2D eigenvalue weighted by molar-refractivity contribution is -0.128. The Morgan fingerprint density at radius 1 is 0.949 bits per heavy atom. The molecule has 0 heterocycles. The topological polar surface area (TPSA) is 126 Å². The molecule has 1 unspecified atom stereocenters. The number of carboxylic acid groups (broad SMARTS) is 1. The second kappa shape index (κ2) is 13.9. The van der Waals surface area contributed by atoms with Crippen LogP contribution < -0.4 is 20.7 Å². The Balaban J connectivity index is 2.18. The standard InChI is InChI=1S/C28H37FIN3O6/c1-27(2,3)16-22(24(34)31-21-12-9-18(30)15-20(21)29)32-25(35)23(33-26(36)37)17-7-10-19(11-8-17)38-13-14-39-28(4,5)6/h7-12,15,22-23,33H,13-14,16H2,1-6H3,(H,31,34)(H,32,35)(H,36,37)/t22-,23?/m0/s1. The van der Waals surface area contributed by atoms with Crippen LogP contribution in [-0.4, -0.2) is 47.9 Å².